The number of ether oxygens (including phenoxy) is 1. The molecule has 0 radical (unpaired) electrons. The largest absolute Gasteiger partial charge is 0.495 e. The van der Waals surface area contributed by atoms with Crippen LogP contribution in [0.2, 0.25) is 0 Å². The van der Waals surface area contributed by atoms with E-state index < -0.39 is 12.0 Å². The van der Waals surface area contributed by atoms with Gasteiger partial charge in [-0.2, -0.15) is 0 Å². The standard InChI is InChI=1S/C29H24FN7O2/c1-18-15-36(17-31-18)25-13-12-19(14-26(25)39-3)23-16-37(34-33-23)28-29(38)35(2)24-11-7-5-9-21(24)27(32-28)20-8-4-6-10-22(20)30/h4-17,28H,1-3H3. The van der Waals surface area contributed by atoms with Crippen molar-refractivity contribution in [2.75, 3.05) is 19.1 Å². The summed E-state index contributed by atoms with van der Waals surface area (Å²) in [4.78, 5) is 24.2. The number of fused-ring (bicyclic) bond motifs is 1. The van der Waals surface area contributed by atoms with Crippen molar-refractivity contribution in [2.45, 2.75) is 13.1 Å². The fourth-order valence-electron chi connectivity index (χ4n) is 4.68. The molecule has 0 N–H and O–H groups in total. The van der Waals surface area contributed by atoms with Crippen LogP contribution in [0.15, 0.2) is 90.4 Å². The number of rotatable bonds is 5. The smallest absolute Gasteiger partial charge is 0.274 e. The summed E-state index contributed by atoms with van der Waals surface area (Å²) in [5.41, 5.74) is 4.93. The fourth-order valence-corrected chi connectivity index (χ4v) is 4.68. The first-order chi connectivity index (χ1) is 18.9. The maximum Gasteiger partial charge on any atom is 0.274 e. The number of methoxy groups -OCH3 is 1. The number of amides is 1. The highest BCUT2D eigenvalue weighted by molar-refractivity contribution is 6.19. The predicted octanol–water partition coefficient (Wildman–Crippen LogP) is 4.60. The number of benzodiazepines with no additional fused rings is 1. The van der Waals surface area contributed by atoms with Crippen LogP contribution in [-0.4, -0.2) is 50.3 Å². The Morgan fingerprint density at radius 1 is 0.949 bits per heavy atom. The lowest BCUT2D eigenvalue weighted by Gasteiger charge is -2.20. The van der Waals surface area contributed by atoms with Crippen LogP contribution in [0.5, 0.6) is 5.75 Å². The summed E-state index contributed by atoms with van der Waals surface area (Å²) >= 11 is 0. The zero-order chi connectivity index (χ0) is 27.1. The van der Waals surface area contributed by atoms with Gasteiger partial charge in [0.2, 0.25) is 6.17 Å². The van der Waals surface area contributed by atoms with Crippen molar-refractivity contribution in [3.63, 3.8) is 0 Å². The summed E-state index contributed by atoms with van der Waals surface area (Å²) < 4.78 is 23.9. The van der Waals surface area contributed by atoms with Crippen LogP contribution in [0.25, 0.3) is 16.9 Å². The summed E-state index contributed by atoms with van der Waals surface area (Å²) in [6.45, 7) is 1.92. The second kappa shape index (κ2) is 9.64. The van der Waals surface area contributed by atoms with Gasteiger partial charge >= 0.3 is 0 Å². The van der Waals surface area contributed by atoms with Crippen molar-refractivity contribution in [3.8, 4) is 22.7 Å². The van der Waals surface area contributed by atoms with E-state index in [0.717, 1.165) is 16.9 Å². The lowest BCUT2D eigenvalue weighted by molar-refractivity contribution is -0.121. The molecule has 1 amide bonds. The van der Waals surface area contributed by atoms with Crippen LogP contribution in [0.4, 0.5) is 10.1 Å². The van der Waals surface area contributed by atoms with E-state index in [0.29, 0.717) is 34.0 Å². The Morgan fingerprint density at radius 3 is 2.46 bits per heavy atom. The Balaban J connectivity index is 1.43. The molecule has 0 spiro atoms. The second-order valence-electron chi connectivity index (χ2n) is 9.14. The monoisotopic (exact) mass is 521 g/mol. The van der Waals surface area contributed by atoms with Gasteiger partial charge in [0.05, 0.1) is 42.4 Å². The number of imidazole rings is 1. The van der Waals surface area contributed by atoms with Crippen LogP contribution in [-0.2, 0) is 4.79 Å². The molecule has 1 atom stereocenters. The number of carbonyl (C=O) groups is 1. The van der Waals surface area contributed by atoms with E-state index in [9.17, 15) is 9.18 Å². The second-order valence-corrected chi connectivity index (χ2v) is 9.14. The quantitative estimate of drug-likeness (QED) is 0.337. The van der Waals surface area contributed by atoms with Gasteiger partial charge in [-0.05, 0) is 37.3 Å². The number of para-hydroxylation sites is 1. The number of aliphatic imine (C=N–C) groups is 1. The number of likely N-dealkylation sites (N-methyl/N-ethyl adjacent to an activating group) is 1. The first-order valence-corrected chi connectivity index (χ1v) is 12.3. The first kappa shape index (κ1) is 24.2. The van der Waals surface area contributed by atoms with E-state index >= 15 is 0 Å². The first-order valence-electron chi connectivity index (χ1n) is 12.3. The third-order valence-electron chi connectivity index (χ3n) is 6.68. The van der Waals surface area contributed by atoms with Crippen LogP contribution in [0.1, 0.15) is 23.0 Å². The summed E-state index contributed by atoms with van der Waals surface area (Å²) in [6.07, 6.45) is 4.20. The highest BCUT2D eigenvalue weighted by Gasteiger charge is 2.32. The van der Waals surface area contributed by atoms with E-state index in [1.165, 1.54) is 15.6 Å². The molecular formula is C29H24FN7O2. The van der Waals surface area contributed by atoms with Crippen molar-refractivity contribution in [3.05, 3.63) is 108 Å². The number of halogens is 1. The van der Waals surface area contributed by atoms with Crippen molar-refractivity contribution in [1.82, 2.24) is 24.5 Å². The minimum Gasteiger partial charge on any atom is -0.495 e. The molecule has 10 heteroatoms. The SMILES string of the molecule is COc1cc(-c2cn(C3N=C(c4ccccc4F)c4ccccc4N(C)C3=O)nn2)ccc1-n1cnc(C)c1. The number of anilines is 1. The fraction of sp³-hybridized carbons (Fsp3) is 0.138. The summed E-state index contributed by atoms with van der Waals surface area (Å²) in [6, 6.07) is 19.4. The van der Waals surface area contributed by atoms with Crippen molar-refractivity contribution in [2.24, 2.45) is 4.99 Å². The maximum atomic E-state index is 14.9. The zero-order valence-corrected chi connectivity index (χ0v) is 21.5. The van der Waals surface area contributed by atoms with E-state index in [1.54, 1.807) is 44.9 Å². The van der Waals surface area contributed by atoms with Gasteiger partial charge in [0, 0.05) is 29.9 Å². The molecule has 3 heterocycles. The Kier molecular flexibility index (Phi) is 5.99. The molecular weight excluding hydrogens is 497 g/mol. The van der Waals surface area contributed by atoms with Gasteiger partial charge in [-0.15, -0.1) is 5.10 Å². The molecule has 6 rings (SSSR count). The van der Waals surface area contributed by atoms with Crippen molar-refractivity contribution in [1.29, 1.82) is 0 Å². The number of nitrogens with zero attached hydrogens (tertiary/aromatic N) is 7. The number of hydrogen-bond acceptors (Lipinski definition) is 6. The molecule has 0 fully saturated rings. The minimum atomic E-state index is -1.09. The summed E-state index contributed by atoms with van der Waals surface area (Å²) in [5.74, 6) is -0.130. The Bertz CT molecular complexity index is 1740. The topological polar surface area (TPSA) is 90.4 Å². The van der Waals surface area contributed by atoms with Gasteiger partial charge in [-0.25, -0.2) is 19.0 Å². The Hall–Kier alpha value is -5.12. The minimum absolute atomic E-state index is 0.299. The third kappa shape index (κ3) is 4.25. The normalized spacial score (nSPS) is 15.1. The highest BCUT2D eigenvalue weighted by Crippen LogP contribution is 2.33. The Morgan fingerprint density at radius 2 is 1.72 bits per heavy atom. The van der Waals surface area contributed by atoms with Crippen LogP contribution >= 0.6 is 0 Å². The molecule has 0 bridgehead atoms. The number of aryl methyl sites for hydroxylation is 1. The highest BCUT2D eigenvalue weighted by atomic mass is 19.1. The number of hydrogen-bond donors (Lipinski definition) is 0. The molecule has 39 heavy (non-hydrogen) atoms. The van der Waals surface area contributed by atoms with Crippen LogP contribution in [0, 0.1) is 12.7 Å². The lowest BCUT2D eigenvalue weighted by atomic mass is 10.00. The molecule has 1 aliphatic rings. The van der Waals surface area contributed by atoms with Gasteiger partial charge in [0.1, 0.15) is 17.3 Å². The third-order valence-corrected chi connectivity index (χ3v) is 6.68. The van der Waals surface area contributed by atoms with Gasteiger partial charge < -0.3 is 14.2 Å². The van der Waals surface area contributed by atoms with Gasteiger partial charge in [-0.3, -0.25) is 4.79 Å². The van der Waals surface area contributed by atoms with Crippen LogP contribution < -0.4 is 9.64 Å². The van der Waals surface area contributed by atoms with Crippen molar-refractivity contribution >= 4 is 17.3 Å². The Labute approximate surface area is 223 Å². The molecule has 0 saturated carbocycles. The summed E-state index contributed by atoms with van der Waals surface area (Å²) in [7, 11) is 3.27. The number of aromatic nitrogens is 5. The molecule has 9 nitrogen and oxygen atoms in total. The molecule has 5 aromatic rings. The number of benzene rings is 3. The zero-order valence-electron chi connectivity index (χ0n) is 21.5. The molecule has 0 aliphatic carbocycles. The predicted molar refractivity (Wildman–Crippen MR) is 145 cm³/mol. The molecule has 1 aliphatic heterocycles. The molecule has 2 aromatic heterocycles. The van der Waals surface area contributed by atoms with E-state index in [2.05, 4.69) is 15.3 Å². The molecule has 0 saturated heterocycles. The molecule has 1 unspecified atom stereocenters. The van der Waals surface area contributed by atoms with E-state index in [-0.39, 0.29) is 5.91 Å². The molecule has 194 valence electrons. The van der Waals surface area contributed by atoms with Gasteiger partial charge in [-0.1, -0.05) is 41.6 Å². The molecule has 3 aromatic carbocycles. The van der Waals surface area contributed by atoms with Gasteiger partial charge in [0.15, 0.2) is 0 Å². The average Bonchev–Trinajstić information content (AvgIpc) is 3.60. The number of carbonyl (C=O) groups excluding carboxylic acids is 1. The van der Waals surface area contributed by atoms with Crippen molar-refractivity contribution < 1.29 is 13.9 Å². The van der Waals surface area contributed by atoms with E-state index in [1.807, 2.05) is 60.2 Å². The van der Waals surface area contributed by atoms with E-state index in [4.69, 9.17) is 9.73 Å². The van der Waals surface area contributed by atoms with Gasteiger partial charge in [0.25, 0.3) is 5.91 Å². The lowest BCUT2D eigenvalue weighted by Crippen LogP contribution is -2.33. The average molecular weight is 522 g/mol. The summed E-state index contributed by atoms with van der Waals surface area (Å²) in [5, 5.41) is 8.58. The van der Waals surface area contributed by atoms with Crippen LogP contribution in [0.3, 0.4) is 0 Å². The maximum absolute atomic E-state index is 14.9.